The van der Waals surface area contributed by atoms with Crippen LogP contribution in [0.5, 0.6) is 0 Å². The van der Waals surface area contributed by atoms with Crippen molar-refractivity contribution >= 4 is 39.1 Å². The van der Waals surface area contributed by atoms with Gasteiger partial charge in [0.1, 0.15) is 17.2 Å². The number of carboxylic acids is 1. The second kappa shape index (κ2) is 7.92. The molecule has 2 aromatic carbocycles. The summed E-state index contributed by atoms with van der Waals surface area (Å²) in [5.41, 5.74) is 1.52. The molecule has 1 amide bonds. The van der Waals surface area contributed by atoms with E-state index in [4.69, 9.17) is 0 Å². The number of thiophene rings is 1. The minimum Gasteiger partial charge on any atom is -0.478 e. The van der Waals surface area contributed by atoms with Crippen molar-refractivity contribution in [3.05, 3.63) is 81.5 Å². The van der Waals surface area contributed by atoms with Gasteiger partial charge < -0.3 is 10.4 Å². The first-order chi connectivity index (χ1) is 14.5. The Balaban J connectivity index is 1.87. The van der Waals surface area contributed by atoms with E-state index in [0.29, 0.717) is 21.9 Å². The Hall–Kier alpha value is -3.78. The first kappa shape index (κ1) is 19.5. The zero-order chi connectivity index (χ0) is 21.3. The van der Waals surface area contributed by atoms with E-state index < -0.39 is 17.4 Å². The van der Waals surface area contributed by atoms with E-state index >= 15 is 0 Å². The summed E-state index contributed by atoms with van der Waals surface area (Å²) in [6.07, 6.45) is 0. The van der Waals surface area contributed by atoms with Gasteiger partial charge in [-0.15, -0.1) is 11.3 Å². The molecule has 150 valence electrons. The quantitative estimate of drug-likeness (QED) is 0.513. The number of hydrogen-bond donors (Lipinski definition) is 2. The molecule has 0 radical (unpaired) electrons. The van der Waals surface area contributed by atoms with Crippen molar-refractivity contribution in [3.8, 4) is 11.4 Å². The molecule has 0 aliphatic carbocycles. The minimum atomic E-state index is -1.20. The molecule has 8 heteroatoms. The largest absolute Gasteiger partial charge is 0.478 e. The maximum atomic E-state index is 13.3. The number of rotatable bonds is 5. The summed E-state index contributed by atoms with van der Waals surface area (Å²) < 4.78 is 1.24. The third-order valence-electron chi connectivity index (χ3n) is 4.67. The summed E-state index contributed by atoms with van der Waals surface area (Å²) in [4.78, 5) is 42.4. The normalized spacial score (nSPS) is 10.8. The number of nitrogens with zero attached hydrogens (tertiary/aromatic N) is 2. The molecule has 2 heterocycles. The molecule has 4 aromatic rings. The van der Waals surface area contributed by atoms with E-state index in [2.05, 4.69) is 10.3 Å². The van der Waals surface area contributed by atoms with Crippen LogP contribution in [0.3, 0.4) is 0 Å². The Morgan fingerprint density at radius 2 is 1.80 bits per heavy atom. The van der Waals surface area contributed by atoms with Gasteiger partial charge in [0.2, 0.25) is 5.91 Å². The van der Waals surface area contributed by atoms with Crippen LogP contribution >= 0.6 is 11.3 Å². The van der Waals surface area contributed by atoms with Crippen LogP contribution in [0.2, 0.25) is 0 Å². The van der Waals surface area contributed by atoms with Gasteiger partial charge in [-0.2, -0.15) is 0 Å². The molecule has 30 heavy (non-hydrogen) atoms. The smallest absolute Gasteiger partial charge is 0.337 e. The summed E-state index contributed by atoms with van der Waals surface area (Å²) in [5, 5.41) is 13.6. The summed E-state index contributed by atoms with van der Waals surface area (Å²) in [7, 11) is 0. The molecule has 7 nitrogen and oxygen atoms in total. The number of aromatic carboxylic acids is 1. The van der Waals surface area contributed by atoms with Crippen LogP contribution in [-0.4, -0.2) is 26.5 Å². The van der Waals surface area contributed by atoms with Crippen LogP contribution in [-0.2, 0) is 11.3 Å². The lowest BCUT2D eigenvalue weighted by atomic mass is 10.1. The highest BCUT2D eigenvalue weighted by Crippen LogP contribution is 2.27. The average Bonchev–Trinajstić information content (AvgIpc) is 3.16. The number of nitrogens with one attached hydrogen (secondary N) is 1. The van der Waals surface area contributed by atoms with Crippen molar-refractivity contribution in [1.29, 1.82) is 0 Å². The maximum absolute atomic E-state index is 13.3. The van der Waals surface area contributed by atoms with E-state index in [0.717, 1.165) is 16.9 Å². The van der Waals surface area contributed by atoms with E-state index in [9.17, 15) is 19.5 Å². The standard InChI is InChI=1S/C22H17N3O4S/c1-13-7-5-6-10-15(13)19-24-20-18(16(12-30-20)22(28)29)21(27)25(19)11-17(26)23-14-8-3-2-4-9-14/h2-10,12H,11H2,1H3,(H,23,26)(H,28,29). The second-order valence-electron chi connectivity index (χ2n) is 6.69. The zero-order valence-electron chi connectivity index (χ0n) is 16.0. The van der Waals surface area contributed by atoms with E-state index in [-0.39, 0.29) is 17.5 Å². The molecule has 2 N–H and O–H groups in total. The Kier molecular flexibility index (Phi) is 5.16. The predicted octanol–water partition coefficient (Wildman–Crippen LogP) is 3.77. The van der Waals surface area contributed by atoms with Gasteiger partial charge >= 0.3 is 5.97 Å². The van der Waals surface area contributed by atoms with Crippen molar-refractivity contribution < 1.29 is 14.7 Å². The summed E-state index contributed by atoms with van der Waals surface area (Å²) >= 11 is 1.10. The number of benzene rings is 2. The fourth-order valence-electron chi connectivity index (χ4n) is 3.22. The molecule has 4 rings (SSSR count). The predicted molar refractivity (Wildman–Crippen MR) is 116 cm³/mol. The third kappa shape index (κ3) is 3.60. The SMILES string of the molecule is Cc1ccccc1-c1nc2scc(C(=O)O)c2c(=O)n1CC(=O)Nc1ccccc1. The maximum Gasteiger partial charge on any atom is 0.337 e. The van der Waals surface area contributed by atoms with E-state index in [1.807, 2.05) is 37.3 Å². The molecule has 0 saturated carbocycles. The van der Waals surface area contributed by atoms with Gasteiger partial charge in [-0.3, -0.25) is 14.2 Å². The number of carbonyl (C=O) groups excluding carboxylic acids is 1. The zero-order valence-corrected chi connectivity index (χ0v) is 16.8. The highest BCUT2D eigenvalue weighted by molar-refractivity contribution is 7.17. The second-order valence-corrected chi connectivity index (χ2v) is 7.55. The van der Waals surface area contributed by atoms with Crippen molar-refractivity contribution in [2.75, 3.05) is 5.32 Å². The van der Waals surface area contributed by atoms with Crippen molar-refractivity contribution in [2.24, 2.45) is 0 Å². The van der Waals surface area contributed by atoms with Gasteiger partial charge in [-0.05, 0) is 24.6 Å². The number of hydrogen-bond acceptors (Lipinski definition) is 5. The number of carboxylic acid groups (broad SMARTS) is 1. The molecule has 0 aliphatic heterocycles. The number of para-hydroxylation sites is 1. The Labute approximate surface area is 175 Å². The van der Waals surface area contributed by atoms with Crippen molar-refractivity contribution in [3.63, 3.8) is 0 Å². The van der Waals surface area contributed by atoms with Gasteiger partial charge in [0.05, 0.1) is 10.9 Å². The molecular weight excluding hydrogens is 402 g/mol. The highest BCUT2D eigenvalue weighted by Gasteiger charge is 2.22. The van der Waals surface area contributed by atoms with Gasteiger partial charge in [0.25, 0.3) is 5.56 Å². The van der Waals surface area contributed by atoms with Gasteiger partial charge in [-0.25, -0.2) is 9.78 Å². The van der Waals surface area contributed by atoms with E-state index in [1.54, 1.807) is 24.3 Å². The van der Waals surface area contributed by atoms with Gasteiger partial charge in [-0.1, -0.05) is 42.5 Å². The van der Waals surface area contributed by atoms with E-state index in [1.165, 1.54) is 9.95 Å². The van der Waals surface area contributed by atoms with Crippen molar-refractivity contribution in [1.82, 2.24) is 9.55 Å². The van der Waals surface area contributed by atoms with Crippen molar-refractivity contribution in [2.45, 2.75) is 13.5 Å². The molecule has 0 fully saturated rings. The number of aryl methyl sites for hydroxylation is 1. The number of anilines is 1. The topological polar surface area (TPSA) is 101 Å². The van der Waals surface area contributed by atoms with Crippen LogP contribution < -0.4 is 10.9 Å². The Morgan fingerprint density at radius 3 is 2.50 bits per heavy atom. The average molecular weight is 419 g/mol. The Bertz CT molecular complexity index is 1330. The van der Waals surface area contributed by atoms with Crippen LogP contribution in [0.15, 0.2) is 64.8 Å². The summed E-state index contributed by atoms with van der Waals surface area (Å²) in [6.45, 7) is 1.59. The first-order valence-corrected chi connectivity index (χ1v) is 10.00. The molecule has 0 unspecified atom stereocenters. The minimum absolute atomic E-state index is 0.0114. The molecule has 0 aliphatic rings. The number of carbonyl (C=O) groups is 2. The number of fused-ring (bicyclic) bond motifs is 1. The third-order valence-corrected chi connectivity index (χ3v) is 5.54. The Morgan fingerprint density at radius 1 is 1.10 bits per heavy atom. The molecule has 0 saturated heterocycles. The molecular formula is C22H17N3O4S. The van der Waals surface area contributed by atoms with Gasteiger partial charge in [0.15, 0.2) is 0 Å². The molecule has 0 spiro atoms. The van der Waals surface area contributed by atoms with Gasteiger partial charge in [0, 0.05) is 16.6 Å². The molecule has 0 atom stereocenters. The lowest BCUT2D eigenvalue weighted by molar-refractivity contribution is -0.116. The molecule has 0 bridgehead atoms. The fourth-order valence-corrected chi connectivity index (χ4v) is 4.13. The van der Waals surface area contributed by atoms with Crippen LogP contribution in [0.4, 0.5) is 5.69 Å². The highest BCUT2D eigenvalue weighted by atomic mass is 32.1. The lowest BCUT2D eigenvalue weighted by Gasteiger charge is -2.14. The first-order valence-electron chi connectivity index (χ1n) is 9.12. The molecule has 2 aromatic heterocycles. The van der Waals surface area contributed by atoms with Crippen LogP contribution in [0.1, 0.15) is 15.9 Å². The number of aromatic nitrogens is 2. The number of amides is 1. The lowest BCUT2D eigenvalue weighted by Crippen LogP contribution is -2.30. The summed E-state index contributed by atoms with van der Waals surface area (Å²) in [6, 6.07) is 16.3. The van der Waals surface area contributed by atoms with Crippen LogP contribution in [0.25, 0.3) is 21.6 Å². The van der Waals surface area contributed by atoms with Crippen LogP contribution in [0, 0.1) is 6.92 Å². The monoisotopic (exact) mass is 419 g/mol. The fraction of sp³-hybridized carbons (Fsp3) is 0.0909. The summed E-state index contributed by atoms with van der Waals surface area (Å²) in [5.74, 6) is -1.29.